The van der Waals surface area contributed by atoms with E-state index in [1.54, 1.807) is 12.1 Å². The Morgan fingerprint density at radius 3 is 2.34 bits per heavy atom. The monoisotopic (exact) mass is 550 g/mol. The lowest BCUT2D eigenvalue weighted by Gasteiger charge is -2.49. The van der Waals surface area contributed by atoms with Gasteiger partial charge in [-0.25, -0.2) is 4.39 Å². The fourth-order valence-electron chi connectivity index (χ4n) is 4.51. The lowest BCUT2D eigenvalue weighted by Crippen LogP contribution is -2.64. The van der Waals surface area contributed by atoms with Crippen LogP contribution < -0.4 is 9.47 Å². The summed E-state index contributed by atoms with van der Waals surface area (Å²) in [6.45, 7) is 11.3. The van der Waals surface area contributed by atoms with Gasteiger partial charge in [-0.2, -0.15) is 0 Å². The molecule has 0 aromatic heterocycles. The Labute approximate surface area is 224 Å². The summed E-state index contributed by atoms with van der Waals surface area (Å²) in [6.07, 6.45) is -5.39. The summed E-state index contributed by atoms with van der Waals surface area (Å²) in [4.78, 5) is 0. The third-order valence-electron chi connectivity index (χ3n) is 7.94. The van der Waals surface area contributed by atoms with Gasteiger partial charge in [0.1, 0.15) is 43.4 Å². The molecule has 3 N–H and O–H groups in total. The van der Waals surface area contributed by atoms with Crippen LogP contribution in [0.5, 0.6) is 11.5 Å². The molecule has 2 heterocycles. The molecule has 4 rings (SSSR count). The van der Waals surface area contributed by atoms with Crippen molar-refractivity contribution in [3.63, 3.8) is 0 Å². The number of ether oxygens (including phenoxy) is 4. The molecule has 0 amide bonds. The summed E-state index contributed by atoms with van der Waals surface area (Å²) in [5.41, 5.74) is 1.45. The standard InChI is InChI=1S/C28H39FO8Si/c1-27(2,3)38(5,6)36-16-23-24(30)25(31)26(32)28(33-4,37-23)19-8-9-20(29)18(15-19)13-17-7-10-21-22(14-17)35-12-11-34-21/h7-10,14-15,23-26,30-32H,11-13,16H2,1-6H3/t23-,24-,25+,26-,28+/m1/s1. The van der Waals surface area contributed by atoms with Gasteiger partial charge >= 0.3 is 0 Å². The molecule has 1 saturated heterocycles. The maximum atomic E-state index is 15.0. The number of aliphatic hydroxyl groups is 3. The first-order chi connectivity index (χ1) is 17.8. The maximum absolute atomic E-state index is 15.0. The van der Waals surface area contributed by atoms with Crippen LogP contribution in [0, 0.1) is 5.82 Å². The number of benzene rings is 2. The van der Waals surface area contributed by atoms with Crippen molar-refractivity contribution in [2.45, 2.75) is 75.5 Å². The van der Waals surface area contributed by atoms with Crippen molar-refractivity contribution in [3.05, 3.63) is 58.9 Å². The van der Waals surface area contributed by atoms with E-state index in [1.807, 2.05) is 12.1 Å². The summed E-state index contributed by atoms with van der Waals surface area (Å²) in [5.74, 6) is -1.05. The molecule has 2 aliphatic rings. The van der Waals surface area contributed by atoms with Gasteiger partial charge in [0.05, 0.1) is 6.61 Å². The third-order valence-corrected chi connectivity index (χ3v) is 12.4. The number of methoxy groups -OCH3 is 1. The molecular formula is C28H39FO8Si. The molecule has 0 saturated carbocycles. The first-order valence-corrected chi connectivity index (χ1v) is 15.8. The Hall–Kier alpha value is -2.05. The topological polar surface area (TPSA) is 107 Å². The van der Waals surface area contributed by atoms with Crippen LogP contribution in [-0.4, -0.2) is 75.0 Å². The summed E-state index contributed by atoms with van der Waals surface area (Å²) in [6, 6.07) is 9.72. The molecule has 0 bridgehead atoms. The second kappa shape index (κ2) is 10.8. The minimum Gasteiger partial charge on any atom is -0.486 e. The van der Waals surface area contributed by atoms with Gasteiger partial charge < -0.3 is 38.7 Å². The van der Waals surface area contributed by atoms with E-state index in [0.29, 0.717) is 35.8 Å². The maximum Gasteiger partial charge on any atom is 0.224 e. The summed E-state index contributed by atoms with van der Waals surface area (Å²) in [7, 11) is -0.872. The Morgan fingerprint density at radius 2 is 1.68 bits per heavy atom. The molecule has 2 aromatic rings. The molecule has 0 unspecified atom stereocenters. The smallest absolute Gasteiger partial charge is 0.224 e. The van der Waals surface area contributed by atoms with E-state index < -0.39 is 44.3 Å². The Morgan fingerprint density at radius 1 is 1.00 bits per heavy atom. The van der Waals surface area contributed by atoms with Crippen molar-refractivity contribution < 1.29 is 43.1 Å². The van der Waals surface area contributed by atoms with E-state index in [2.05, 4.69) is 33.9 Å². The fourth-order valence-corrected chi connectivity index (χ4v) is 5.52. The number of hydrogen-bond acceptors (Lipinski definition) is 8. The van der Waals surface area contributed by atoms with E-state index in [0.717, 1.165) is 5.56 Å². The van der Waals surface area contributed by atoms with E-state index in [9.17, 15) is 19.7 Å². The highest BCUT2D eigenvalue weighted by Crippen LogP contribution is 2.42. The van der Waals surface area contributed by atoms with Crippen molar-refractivity contribution in [1.29, 1.82) is 0 Å². The summed E-state index contributed by atoms with van der Waals surface area (Å²) >= 11 is 0. The van der Waals surface area contributed by atoms with Gasteiger partial charge in [0.25, 0.3) is 0 Å². The molecular weight excluding hydrogens is 511 g/mol. The van der Waals surface area contributed by atoms with Gasteiger partial charge in [-0.3, -0.25) is 0 Å². The molecule has 8 nitrogen and oxygen atoms in total. The number of rotatable bonds is 7. The zero-order chi connectivity index (χ0) is 27.9. The highest BCUT2D eigenvalue weighted by molar-refractivity contribution is 6.74. The van der Waals surface area contributed by atoms with Crippen LogP contribution in [0.3, 0.4) is 0 Å². The zero-order valence-electron chi connectivity index (χ0n) is 22.9. The van der Waals surface area contributed by atoms with E-state index >= 15 is 0 Å². The first kappa shape index (κ1) is 28.9. The number of aliphatic hydroxyl groups excluding tert-OH is 3. The third kappa shape index (κ3) is 5.49. The van der Waals surface area contributed by atoms with Crippen LogP contribution in [0.1, 0.15) is 37.5 Å². The molecule has 210 valence electrons. The molecule has 0 aliphatic carbocycles. The van der Waals surface area contributed by atoms with Crippen LogP contribution in [-0.2, 0) is 26.1 Å². The van der Waals surface area contributed by atoms with Gasteiger partial charge in [-0.15, -0.1) is 0 Å². The number of hydrogen-bond donors (Lipinski definition) is 3. The largest absolute Gasteiger partial charge is 0.486 e. The van der Waals surface area contributed by atoms with Gasteiger partial charge in [0.2, 0.25) is 5.79 Å². The fraction of sp³-hybridized carbons (Fsp3) is 0.571. The second-order valence-corrected chi connectivity index (χ2v) is 16.3. The predicted octanol–water partition coefficient (Wildman–Crippen LogP) is 3.49. The van der Waals surface area contributed by atoms with Crippen molar-refractivity contribution in [2.24, 2.45) is 0 Å². The molecule has 1 fully saturated rings. The minimum atomic E-state index is -2.21. The number of fused-ring (bicyclic) bond motifs is 1. The summed E-state index contributed by atoms with van der Waals surface area (Å²) < 4.78 is 44.3. The van der Waals surface area contributed by atoms with Crippen LogP contribution in [0.2, 0.25) is 18.1 Å². The van der Waals surface area contributed by atoms with E-state index in [1.165, 1.54) is 19.2 Å². The zero-order valence-corrected chi connectivity index (χ0v) is 23.9. The SMILES string of the molecule is CO[C@@]1(c2ccc(F)c(Cc3ccc4c(c3)OCCO4)c2)O[C@H](CO[Si](C)(C)C(C)(C)C)[C@@H](O)[C@H](O)[C@H]1O. The van der Waals surface area contributed by atoms with Gasteiger partial charge in [0, 0.05) is 19.1 Å². The highest BCUT2D eigenvalue weighted by Gasteiger charge is 2.55. The van der Waals surface area contributed by atoms with Crippen LogP contribution >= 0.6 is 0 Å². The molecule has 5 atom stereocenters. The highest BCUT2D eigenvalue weighted by atomic mass is 28.4. The molecule has 0 spiro atoms. The van der Waals surface area contributed by atoms with Crippen molar-refractivity contribution in [2.75, 3.05) is 26.9 Å². The lowest BCUT2D eigenvalue weighted by atomic mass is 9.87. The minimum absolute atomic E-state index is 0.00219. The quantitative estimate of drug-likeness (QED) is 0.450. The Kier molecular flexibility index (Phi) is 8.26. The van der Waals surface area contributed by atoms with Crippen molar-refractivity contribution >= 4 is 8.32 Å². The van der Waals surface area contributed by atoms with Gasteiger partial charge in [0.15, 0.2) is 19.8 Å². The summed E-state index contributed by atoms with van der Waals surface area (Å²) in [5, 5.41) is 32.5. The average Bonchev–Trinajstić information content (AvgIpc) is 2.88. The number of halogens is 1. The second-order valence-electron chi connectivity index (χ2n) is 11.5. The van der Waals surface area contributed by atoms with Crippen molar-refractivity contribution in [3.8, 4) is 11.5 Å². The normalized spacial score (nSPS) is 27.8. The van der Waals surface area contributed by atoms with Crippen LogP contribution in [0.25, 0.3) is 0 Å². The molecule has 38 heavy (non-hydrogen) atoms. The molecule has 10 heteroatoms. The predicted molar refractivity (Wildman–Crippen MR) is 141 cm³/mol. The molecule has 2 aromatic carbocycles. The first-order valence-electron chi connectivity index (χ1n) is 12.9. The van der Waals surface area contributed by atoms with Gasteiger partial charge in [-0.1, -0.05) is 32.9 Å². The molecule has 2 aliphatic heterocycles. The van der Waals surface area contributed by atoms with Crippen LogP contribution in [0.15, 0.2) is 36.4 Å². The van der Waals surface area contributed by atoms with Crippen molar-refractivity contribution in [1.82, 2.24) is 0 Å². The average molecular weight is 551 g/mol. The van der Waals surface area contributed by atoms with Crippen LogP contribution in [0.4, 0.5) is 4.39 Å². The Balaban J connectivity index is 1.63. The van der Waals surface area contributed by atoms with E-state index in [4.69, 9.17) is 23.4 Å². The lowest BCUT2D eigenvalue weighted by molar-refractivity contribution is -0.365. The van der Waals surface area contributed by atoms with Gasteiger partial charge in [-0.05, 0) is 53.5 Å². The molecule has 0 radical (unpaired) electrons. The van der Waals surface area contributed by atoms with E-state index in [-0.39, 0.29) is 18.1 Å². The Bertz CT molecular complexity index is 1140.